The number of anilines is 1. The van der Waals surface area contributed by atoms with E-state index in [4.69, 9.17) is 4.74 Å². The number of likely N-dealkylation sites (N-methyl/N-ethyl adjacent to an activating group) is 1. The SMILES string of the molecule is Cc1cccc2cc(CN(CCCCN(C)C)S(=O)(=O)c3ccc4c(c3)OCCN4C)c(=O)[nH]c12. The first-order valence-corrected chi connectivity index (χ1v) is 13.4. The quantitative estimate of drug-likeness (QED) is 0.456. The third kappa shape index (κ3) is 5.52. The van der Waals surface area contributed by atoms with E-state index in [0.717, 1.165) is 41.7 Å². The normalized spacial score (nSPS) is 13.9. The van der Waals surface area contributed by atoms with Gasteiger partial charge in [0.05, 0.1) is 22.6 Å². The van der Waals surface area contributed by atoms with Crippen molar-refractivity contribution in [1.82, 2.24) is 14.2 Å². The zero-order valence-corrected chi connectivity index (χ0v) is 21.7. The Kier molecular flexibility index (Phi) is 7.49. The largest absolute Gasteiger partial charge is 0.490 e. The Hall–Kier alpha value is -2.88. The van der Waals surface area contributed by atoms with Crippen molar-refractivity contribution in [1.29, 1.82) is 0 Å². The van der Waals surface area contributed by atoms with Crippen molar-refractivity contribution in [3.63, 3.8) is 0 Å². The van der Waals surface area contributed by atoms with Crippen LogP contribution in [0.1, 0.15) is 24.0 Å². The number of nitrogens with zero attached hydrogens (tertiary/aromatic N) is 3. The molecular weight excluding hydrogens is 464 g/mol. The Labute approximate surface area is 207 Å². The fraction of sp³-hybridized carbons (Fsp3) is 0.423. The topological polar surface area (TPSA) is 86.0 Å². The molecule has 4 rings (SSSR count). The number of unbranched alkanes of at least 4 members (excludes halogenated alkanes) is 1. The summed E-state index contributed by atoms with van der Waals surface area (Å²) in [5.74, 6) is 0.561. The predicted octanol–water partition coefficient (Wildman–Crippen LogP) is 3.20. The lowest BCUT2D eigenvalue weighted by molar-refractivity contribution is 0.310. The Morgan fingerprint density at radius 1 is 1.09 bits per heavy atom. The number of hydrogen-bond donors (Lipinski definition) is 1. The van der Waals surface area contributed by atoms with E-state index >= 15 is 0 Å². The van der Waals surface area contributed by atoms with E-state index < -0.39 is 10.0 Å². The number of sulfonamides is 1. The molecule has 0 saturated carbocycles. The first kappa shape index (κ1) is 25.2. The van der Waals surface area contributed by atoms with E-state index in [0.29, 0.717) is 30.9 Å². The van der Waals surface area contributed by atoms with Crippen molar-refractivity contribution < 1.29 is 13.2 Å². The van der Waals surface area contributed by atoms with Crippen molar-refractivity contribution in [3.8, 4) is 5.75 Å². The van der Waals surface area contributed by atoms with Crippen molar-refractivity contribution in [3.05, 3.63) is 63.9 Å². The lowest BCUT2D eigenvalue weighted by atomic mass is 10.1. The van der Waals surface area contributed by atoms with Gasteiger partial charge in [0.2, 0.25) is 10.0 Å². The molecule has 8 nitrogen and oxygen atoms in total. The number of ether oxygens (including phenoxy) is 1. The molecule has 3 aromatic rings. The second kappa shape index (κ2) is 10.4. The Morgan fingerprint density at radius 2 is 1.86 bits per heavy atom. The molecule has 0 saturated heterocycles. The summed E-state index contributed by atoms with van der Waals surface area (Å²) >= 11 is 0. The Bertz CT molecular complexity index is 1370. The summed E-state index contributed by atoms with van der Waals surface area (Å²) < 4.78 is 34.8. The molecule has 0 unspecified atom stereocenters. The number of para-hydroxylation sites is 1. The second-order valence-corrected chi connectivity index (χ2v) is 11.3. The number of benzene rings is 2. The van der Waals surface area contributed by atoms with Crippen LogP contribution in [0, 0.1) is 6.92 Å². The maximum absolute atomic E-state index is 13.8. The number of nitrogens with one attached hydrogen (secondary N) is 1. The number of aryl methyl sites for hydroxylation is 1. The highest BCUT2D eigenvalue weighted by molar-refractivity contribution is 7.89. The number of aromatic amines is 1. The molecule has 0 radical (unpaired) electrons. The third-order valence-corrected chi connectivity index (χ3v) is 8.28. The average molecular weight is 499 g/mol. The molecule has 1 aliphatic rings. The highest BCUT2D eigenvalue weighted by Gasteiger charge is 2.28. The summed E-state index contributed by atoms with van der Waals surface area (Å²) in [4.78, 5) is 20.2. The molecule has 1 N–H and O–H groups in total. The minimum Gasteiger partial charge on any atom is -0.490 e. The first-order chi connectivity index (χ1) is 16.7. The van der Waals surface area contributed by atoms with Gasteiger partial charge in [-0.15, -0.1) is 0 Å². The van der Waals surface area contributed by atoms with Gasteiger partial charge < -0.3 is 19.5 Å². The van der Waals surface area contributed by atoms with E-state index in [9.17, 15) is 13.2 Å². The minimum atomic E-state index is -3.86. The molecule has 9 heteroatoms. The number of aromatic nitrogens is 1. The summed E-state index contributed by atoms with van der Waals surface area (Å²) in [5, 5.41) is 0.884. The summed E-state index contributed by atoms with van der Waals surface area (Å²) in [6.45, 7) is 4.38. The number of pyridine rings is 1. The molecule has 1 aromatic heterocycles. The maximum atomic E-state index is 13.8. The zero-order valence-electron chi connectivity index (χ0n) is 20.9. The molecular formula is C26H34N4O4S. The molecule has 0 bridgehead atoms. The van der Waals surface area contributed by atoms with Crippen LogP contribution in [0.4, 0.5) is 5.69 Å². The van der Waals surface area contributed by atoms with Crippen molar-refractivity contribution in [2.45, 2.75) is 31.2 Å². The molecule has 0 fully saturated rings. The van der Waals surface area contributed by atoms with E-state index in [1.807, 2.05) is 51.2 Å². The molecule has 0 aliphatic carbocycles. The van der Waals surface area contributed by atoms with Crippen molar-refractivity contribution in [2.24, 2.45) is 0 Å². The van der Waals surface area contributed by atoms with E-state index in [1.165, 1.54) is 4.31 Å². The van der Waals surface area contributed by atoms with Gasteiger partial charge in [-0.2, -0.15) is 4.31 Å². The lowest BCUT2D eigenvalue weighted by Gasteiger charge is -2.28. The third-order valence-electron chi connectivity index (χ3n) is 6.44. The monoisotopic (exact) mass is 498 g/mol. The van der Waals surface area contributed by atoms with Gasteiger partial charge in [-0.1, -0.05) is 18.2 Å². The molecule has 0 amide bonds. The van der Waals surface area contributed by atoms with E-state index in [2.05, 4.69) is 9.88 Å². The number of rotatable bonds is 9. The molecule has 35 heavy (non-hydrogen) atoms. The van der Waals surface area contributed by atoms with Gasteiger partial charge in [0.25, 0.3) is 5.56 Å². The van der Waals surface area contributed by atoms with Gasteiger partial charge in [-0.05, 0) is 69.6 Å². The van der Waals surface area contributed by atoms with Crippen LogP contribution in [0.3, 0.4) is 0 Å². The fourth-order valence-corrected chi connectivity index (χ4v) is 5.86. The highest BCUT2D eigenvalue weighted by Crippen LogP contribution is 2.34. The molecule has 2 aromatic carbocycles. The Morgan fingerprint density at radius 3 is 2.63 bits per heavy atom. The number of hydrogen-bond acceptors (Lipinski definition) is 6. The second-order valence-electron chi connectivity index (χ2n) is 9.41. The van der Waals surface area contributed by atoms with Gasteiger partial charge in [0.15, 0.2) is 0 Å². The van der Waals surface area contributed by atoms with Gasteiger partial charge in [-0.3, -0.25) is 4.79 Å². The van der Waals surface area contributed by atoms with Gasteiger partial charge in [0.1, 0.15) is 12.4 Å². The summed E-state index contributed by atoms with van der Waals surface area (Å²) in [7, 11) is 2.09. The Balaban J connectivity index is 1.68. The molecule has 0 spiro atoms. The van der Waals surface area contributed by atoms with Gasteiger partial charge in [0, 0.05) is 31.8 Å². The summed E-state index contributed by atoms with van der Waals surface area (Å²) in [6.07, 6.45) is 1.54. The average Bonchev–Trinajstić information content (AvgIpc) is 2.81. The number of H-pyrrole nitrogens is 1. The number of fused-ring (bicyclic) bond motifs is 2. The van der Waals surface area contributed by atoms with Crippen LogP contribution in [0.5, 0.6) is 5.75 Å². The lowest BCUT2D eigenvalue weighted by Crippen LogP contribution is -2.34. The predicted molar refractivity (Wildman–Crippen MR) is 140 cm³/mol. The minimum absolute atomic E-state index is 0.00135. The molecule has 188 valence electrons. The van der Waals surface area contributed by atoms with Crippen LogP contribution >= 0.6 is 0 Å². The first-order valence-electron chi connectivity index (χ1n) is 11.9. The van der Waals surface area contributed by atoms with Crippen LogP contribution in [0.25, 0.3) is 10.9 Å². The highest BCUT2D eigenvalue weighted by atomic mass is 32.2. The van der Waals surface area contributed by atoms with E-state index in [-0.39, 0.29) is 17.0 Å². The molecule has 2 heterocycles. The van der Waals surface area contributed by atoms with Gasteiger partial charge >= 0.3 is 0 Å². The molecule has 1 aliphatic heterocycles. The van der Waals surface area contributed by atoms with Gasteiger partial charge in [-0.25, -0.2) is 8.42 Å². The van der Waals surface area contributed by atoms with Crippen molar-refractivity contribution in [2.75, 3.05) is 52.3 Å². The standard InChI is InChI=1S/C26H34N4O4S/c1-19-8-7-9-20-16-21(26(31)27-25(19)20)18-30(13-6-5-12-28(2)3)35(32,33)22-10-11-23-24(17-22)34-15-14-29(23)4/h7-11,16-17H,5-6,12-15,18H2,1-4H3,(H,27,31). The summed E-state index contributed by atoms with van der Waals surface area (Å²) in [6, 6.07) is 12.6. The molecule has 0 atom stereocenters. The smallest absolute Gasteiger partial charge is 0.252 e. The fourth-order valence-electron chi connectivity index (χ4n) is 4.38. The van der Waals surface area contributed by atoms with Crippen LogP contribution in [0.2, 0.25) is 0 Å². The van der Waals surface area contributed by atoms with Crippen LogP contribution < -0.4 is 15.2 Å². The van der Waals surface area contributed by atoms with E-state index in [1.54, 1.807) is 24.3 Å². The summed E-state index contributed by atoms with van der Waals surface area (Å²) in [5.41, 5.74) is 2.77. The van der Waals surface area contributed by atoms with Crippen LogP contribution in [0.15, 0.2) is 52.2 Å². The van der Waals surface area contributed by atoms with Crippen LogP contribution in [-0.4, -0.2) is 70.0 Å². The van der Waals surface area contributed by atoms with Crippen molar-refractivity contribution >= 4 is 26.6 Å². The maximum Gasteiger partial charge on any atom is 0.252 e. The zero-order chi connectivity index (χ0) is 25.2. The van der Waals surface area contributed by atoms with Crippen LogP contribution in [-0.2, 0) is 16.6 Å².